The highest BCUT2D eigenvalue weighted by Gasteiger charge is 2.23. The van der Waals surface area contributed by atoms with Gasteiger partial charge in [-0.1, -0.05) is 24.3 Å². The number of aryl methyl sites for hydroxylation is 1. The SMILES string of the molecule is Cn1cnn(-c2ccc(NC(=O)[C@@H]3Cc4ccccc4CN3)cc2)c1=O. The maximum Gasteiger partial charge on any atom is 0.350 e. The van der Waals surface area contributed by atoms with Crippen molar-refractivity contribution in [2.75, 3.05) is 5.32 Å². The molecular formula is C19H19N5O2. The number of hydrogen-bond acceptors (Lipinski definition) is 4. The van der Waals surface area contributed by atoms with E-state index < -0.39 is 0 Å². The fourth-order valence-electron chi connectivity index (χ4n) is 3.11. The second-order valence-corrected chi connectivity index (χ2v) is 6.38. The third kappa shape index (κ3) is 3.04. The Morgan fingerprint density at radius 1 is 1.15 bits per heavy atom. The van der Waals surface area contributed by atoms with Crippen LogP contribution in [0.5, 0.6) is 0 Å². The van der Waals surface area contributed by atoms with E-state index in [-0.39, 0.29) is 17.6 Å². The highest BCUT2D eigenvalue weighted by Crippen LogP contribution is 2.18. The van der Waals surface area contributed by atoms with E-state index in [1.165, 1.54) is 26.7 Å². The molecule has 1 aromatic heterocycles. The average molecular weight is 349 g/mol. The van der Waals surface area contributed by atoms with E-state index in [4.69, 9.17) is 0 Å². The van der Waals surface area contributed by atoms with Crippen LogP contribution in [0.2, 0.25) is 0 Å². The lowest BCUT2D eigenvalue weighted by molar-refractivity contribution is -0.118. The van der Waals surface area contributed by atoms with Gasteiger partial charge in [0.25, 0.3) is 0 Å². The van der Waals surface area contributed by atoms with Gasteiger partial charge >= 0.3 is 5.69 Å². The van der Waals surface area contributed by atoms with Crippen LogP contribution < -0.4 is 16.3 Å². The van der Waals surface area contributed by atoms with Gasteiger partial charge < -0.3 is 10.6 Å². The van der Waals surface area contributed by atoms with Crippen molar-refractivity contribution < 1.29 is 4.79 Å². The van der Waals surface area contributed by atoms with Gasteiger partial charge in [0.1, 0.15) is 6.33 Å². The summed E-state index contributed by atoms with van der Waals surface area (Å²) >= 11 is 0. The van der Waals surface area contributed by atoms with Crippen molar-refractivity contribution in [1.29, 1.82) is 0 Å². The number of benzene rings is 2. The molecule has 7 heteroatoms. The molecule has 3 aromatic rings. The summed E-state index contributed by atoms with van der Waals surface area (Å²) in [5.74, 6) is -0.0674. The van der Waals surface area contributed by atoms with Crippen LogP contribution in [0.3, 0.4) is 0 Å². The monoisotopic (exact) mass is 349 g/mol. The number of nitrogens with one attached hydrogen (secondary N) is 2. The Morgan fingerprint density at radius 3 is 2.58 bits per heavy atom. The van der Waals surface area contributed by atoms with E-state index in [2.05, 4.69) is 27.9 Å². The van der Waals surface area contributed by atoms with Gasteiger partial charge in [-0.05, 0) is 41.8 Å². The summed E-state index contributed by atoms with van der Waals surface area (Å²) in [5.41, 5.74) is 3.56. The van der Waals surface area contributed by atoms with Crippen molar-refractivity contribution in [1.82, 2.24) is 19.7 Å². The molecule has 4 rings (SSSR count). The number of fused-ring (bicyclic) bond motifs is 1. The van der Waals surface area contributed by atoms with E-state index in [1.54, 1.807) is 31.3 Å². The van der Waals surface area contributed by atoms with Crippen molar-refractivity contribution in [3.05, 3.63) is 76.5 Å². The number of amides is 1. The van der Waals surface area contributed by atoms with Crippen LogP contribution in [0, 0.1) is 0 Å². The van der Waals surface area contributed by atoms with E-state index in [9.17, 15) is 9.59 Å². The van der Waals surface area contributed by atoms with E-state index in [0.29, 0.717) is 24.3 Å². The molecule has 0 unspecified atom stereocenters. The molecule has 0 aliphatic carbocycles. The minimum Gasteiger partial charge on any atom is -0.325 e. The number of nitrogens with zero attached hydrogens (tertiary/aromatic N) is 3. The number of carbonyl (C=O) groups is 1. The number of aromatic nitrogens is 3. The fourth-order valence-corrected chi connectivity index (χ4v) is 3.11. The van der Waals surface area contributed by atoms with Gasteiger partial charge in [0.2, 0.25) is 5.91 Å². The molecule has 2 heterocycles. The molecule has 26 heavy (non-hydrogen) atoms. The summed E-state index contributed by atoms with van der Waals surface area (Å²) in [7, 11) is 1.65. The molecular weight excluding hydrogens is 330 g/mol. The lowest BCUT2D eigenvalue weighted by Crippen LogP contribution is -2.44. The van der Waals surface area contributed by atoms with E-state index >= 15 is 0 Å². The lowest BCUT2D eigenvalue weighted by Gasteiger charge is -2.25. The molecule has 7 nitrogen and oxygen atoms in total. The van der Waals surface area contributed by atoms with Crippen LogP contribution in [-0.2, 0) is 24.8 Å². The van der Waals surface area contributed by atoms with Gasteiger partial charge in [0.15, 0.2) is 0 Å². The Kier molecular flexibility index (Phi) is 4.14. The van der Waals surface area contributed by atoms with Crippen LogP contribution >= 0.6 is 0 Å². The topological polar surface area (TPSA) is 81.0 Å². The first-order valence-corrected chi connectivity index (χ1v) is 8.44. The van der Waals surface area contributed by atoms with Crippen LogP contribution in [-0.4, -0.2) is 26.3 Å². The van der Waals surface area contributed by atoms with E-state index in [0.717, 1.165) is 0 Å². The number of rotatable bonds is 3. The zero-order valence-electron chi connectivity index (χ0n) is 14.3. The second kappa shape index (κ2) is 6.61. The summed E-state index contributed by atoms with van der Waals surface area (Å²) in [4.78, 5) is 24.5. The molecule has 1 atom stereocenters. The molecule has 1 amide bonds. The summed E-state index contributed by atoms with van der Waals surface area (Å²) in [6.45, 7) is 0.690. The summed E-state index contributed by atoms with van der Waals surface area (Å²) in [6.07, 6.45) is 2.13. The Hall–Kier alpha value is -3.19. The van der Waals surface area contributed by atoms with Gasteiger partial charge in [0, 0.05) is 19.3 Å². The van der Waals surface area contributed by atoms with Crippen LogP contribution in [0.1, 0.15) is 11.1 Å². The quantitative estimate of drug-likeness (QED) is 0.745. The van der Waals surface area contributed by atoms with Crippen molar-refractivity contribution in [2.24, 2.45) is 7.05 Å². The third-order valence-corrected chi connectivity index (χ3v) is 4.60. The summed E-state index contributed by atoms with van der Waals surface area (Å²) in [5, 5.41) is 10.2. The van der Waals surface area contributed by atoms with Gasteiger partial charge in [-0.15, -0.1) is 0 Å². The first-order valence-electron chi connectivity index (χ1n) is 8.44. The van der Waals surface area contributed by atoms with Crippen LogP contribution in [0.4, 0.5) is 5.69 Å². The molecule has 1 aliphatic rings. The van der Waals surface area contributed by atoms with Gasteiger partial charge in [-0.25, -0.2) is 4.79 Å². The minimum atomic E-state index is -0.261. The zero-order chi connectivity index (χ0) is 18.1. The number of anilines is 1. The molecule has 1 aliphatic heterocycles. The van der Waals surface area contributed by atoms with Crippen molar-refractivity contribution in [2.45, 2.75) is 19.0 Å². The van der Waals surface area contributed by atoms with Crippen LogP contribution in [0.15, 0.2) is 59.7 Å². The fraction of sp³-hybridized carbons (Fsp3) is 0.211. The van der Waals surface area contributed by atoms with Gasteiger partial charge in [-0.3, -0.25) is 9.36 Å². The van der Waals surface area contributed by atoms with Crippen LogP contribution in [0.25, 0.3) is 5.69 Å². The molecule has 0 radical (unpaired) electrons. The predicted octanol–water partition coefficient (Wildman–Crippen LogP) is 1.22. The summed E-state index contributed by atoms with van der Waals surface area (Å²) in [6, 6.07) is 14.9. The molecule has 0 fully saturated rings. The molecule has 0 saturated heterocycles. The Balaban J connectivity index is 1.45. The predicted molar refractivity (Wildman–Crippen MR) is 98.2 cm³/mol. The highest BCUT2D eigenvalue weighted by atomic mass is 16.2. The normalized spacial score (nSPS) is 16.1. The second-order valence-electron chi connectivity index (χ2n) is 6.38. The Morgan fingerprint density at radius 2 is 1.88 bits per heavy atom. The molecule has 2 N–H and O–H groups in total. The van der Waals surface area contributed by atoms with Crippen molar-refractivity contribution in [3.8, 4) is 5.69 Å². The minimum absolute atomic E-state index is 0.0674. The largest absolute Gasteiger partial charge is 0.350 e. The van der Waals surface area contributed by atoms with Crippen molar-refractivity contribution in [3.63, 3.8) is 0 Å². The Bertz CT molecular complexity index is 1000. The highest BCUT2D eigenvalue weighted by molar-refractivity contribution is 5.95. The molecule has 0 spiro atoms. The maximum absolute atomic E-state index is 12.5. The van der Waals surface area contributed by atoms with Gasteiger partial charge in [-0.2, -0.15) is 9.78 Å². The molecule has 0 saturated carbocycles. The standard InChI is InChI=1S/C19H19N5O2/c1-23-12-21-24(19(23)26)16-8-6-15(7-9-16)22-18(25)17-10-13-4-2-3-5-14(13)11-20-17/h2-9,12,17,20H,10-11H2,1H3,(H,22,25)/t17-/m0/s1. The zero-order valence-corrected chi connectivity index (χ0v) is 14.3. The molecule has 0 bridgehead atoms. The number of hydrogen-bond donors (Lipinski definition) is 2. The maximum atomic E-state index is 12.5. The molecule has 132 valence electrons. The van der Waals surface area contributed by atoms with Gasteiger partial charge in [0.05, 0.1) is 11.7 Å². The number of carbonyl (C=O) groups excluding carboxylic acids is 1. The molecule has 2 aromatic carbocycles. The average Bonchev–Trinajstić information content (AvgIpc) is 3.01. The lowest BCUT2D eigenvalue weighted by atomic mass is 9.95. The first kappa shape index (κ1) is 16.3. The van der Waals surface area contributed by atoms with E-state index in [1.807, 2.05) is 12.1 Å². The first-order chi connectivity index (χ1) is 12.6. The third-order valence-electron chi connectivity index (χ3n) is 4.60. The smallest absolute Gasteiger partial charge is 0.325 e. The van der Waals surface area contributed by atoms with Crippen molar-refractivity contribution >= 4 is 11.6 Å². The summed E-state index contributed by atoms with van der Waals surface area (Å²) < 4.78 is 2.72. The Labute approximate surface area is 150 Å².